The molecular formula is C13H20O2. The normalized spacial score (nSPS) is 14.9. The predicted molar refractivity (Wildman–Crippen MR) is 62.0 cm³/mol. The van der Waals surface area contributed by atoms with E-state index in [1.807, 2.05) is 6.07 Å². The Kier molecular flexibility index (Phi) is 5.37. The van der Waals surface area contributed by atoms with Crippen LogP contribution in [0.2, 0.25) is 0 Å². The van der Waals surface area contributed by atoms with Crippen molar-refractivity contribution in [1.82, 2.24) is 0 Å². The minimum Gasteiger partial charge on any atom is -0.384 e. The average molecular weight is 208 g/mol. The van der Waals surface area contributed by atoms with E-state index in [2.05, 4.69) is 31.2 Å². The highest BCUT2D eigenvalue weighted by atomic mass is 16.5. The van der Waals surface area contributed by atoms with Crippen LogP contribution < -0.4 is 0 Å². The van der Waals surface area contributed by atoms with Crippen LogP contribution in [-0.2, 0) is 15.9 Å². The molecule has 0 N–H and O–H groups in total. The van der Waals surface area contributed by atoms with Crippen molar-refractivity contribution in [3.05, 3.63) is 35.9 Å². The SMILES string of the molecule is COCC(C)C(Cc1ccccc1)OC. The summed E-state index contributed by atoms with van der Waals surface area (Å²) in [6.45, 7) is 2.89. The number of methoxy groups -OCH3 is 2. The summed E-state index contributed by atoms with van der Waals surface area (Å²) < 4.78 is 10.6. The van der Waals surface area contributed by atoms with Crippen LogP contribution >= 0.6 is 0 Å². The van der Waals surface area contributed by atoms with E-state index in [9.17, 15) is 0 Å². The second-order valence-corrected chi connectivity index (χ2v) is 3.90. The second-order valence-electron chi connectivity index (χ2n) is 3.90. The van der Waals surface area contributed by atoms with Gasteiger partial charge in [-0.05, 0) is 12.0 Å². The molecule has 0 radical (unpaired) electrons. The van der Waals surface area contributed by atoms with Crippen molar-refractivity contribution < 1.29 is 9.47 Å². The summed E-state index contributed by atoms with van der Waals surface area (Å²) in [6, 6.07) is 10.4. The lowest BCUT2D eigenvalue weighted by Crippen LogP contribution is -2.26. The molecule has 0 aromatic heterocycles. The van der Waals surface area contributed by atoms with Crippen LogP contribution in [0.25, 0.3) is 0 Å². The second kappa shape index (κ2) is 6.59. The predicted octanol–water partition coefficient (Wildman–Crippen LogP) is 2.53. The Hall–Kier alpha value is -0.860. The quantitative estimate of drug-likeness (QED) is 0.715. The molecule has 1 aromatic rings. The van der Waals surface area contributed by atoms with E-state index in [1.165, 1.54) is 5.56 Å². The van der Waals surface area contributed by atoms with Gasteiger partial charge in [0.25, 0.3) is 0 Å². The molecule has 0 aliphatic carbocycles. The van der Waals surface area contributed by atoms with Gasteiger partial charge in [-0.1, -0.05) is 37.3 Å². The molecule has 2 atom stereocenters. The molecule has 0 bridgehead atoms. The smallest absolute Gasteiger partial charge is 0.0659 e. The third-order valence-corrected chi connectivity index (χ3v) is 2.65. The van der Waals surface area contributed by atoms with Gasteiger partial charge >= 0.3 is 0 Å². The minimum atomic E-state index is 0.229. The van der Waals surface area contributed by atoms with E-state index in [1.54, 1.807) is 14.2 Å². The third kappa shape index (κ3) is 4.02. The summed E-state index contributed by atoms with van der Waals surface area (Å²) >= 11 is 0. The van der Waals surface area contributed by atoms with E-state index in [0.29, 0.717) is 5.92 Å². The van der Waals surface area contributed by atoms with Gasteiger partial charge in [-0.2, -0.15) is 0 Å². The van der Waals surface area contributed by atoms with E-state index >= 15 is 0 Å². The van der Waals surface area contributed by atoms with Crippen molar-refractivity contribution >= 4 is 0 Å². The summed E-state index contributed by atoms with van der Waals surface area (Å²) in [7, 11) is 3.49. The molecule has 0 spiro atoms. The Balaban J connectivity index is 2.53. The van der Waals surface area contributed by atoms with Crippen molar-refractivity contribution in [2.45, 2.75) is 19.4 Å². The molecule has 0 amide bonds. The molecule has 0 saturated heterocycles. The zero-order chi connectivity index (χ0) is 11.1. The van der Waals surface area contributed by atoms with Gasteiger partial charge in [-0.15, -0.1) is 0 Å². The van der Waals surface area contributed by atoms with Crippen molar-refractivity contribution in [3.8, 4) is 0 Å². The molecule has 2 heteroatoms. The van der Waals surface area contributed by atoms with E-state index in [-0.39, 0.29) is 6.10 Å². The number of rotatable bonds is 6. The molecule has 1 aromatic carbocycles. The first-order valence-corrected chi connectivity index (χ1v) is 5.33. The topological polar surface area (TPSA) is 18.5 Å². The first-order chi connectivity index (χ1) is 7.27. The van der Waals surface area contributed by atoms with Gasteiger partial charge in [-0.25, -0.2) is 0 Å². The molecule has 0 heterocycles. The molecule has 2 nitrogen and oxygen atoms in total. The molecule has 15 heavy (non-hydrogen) atoms. The summed E-state index contributed by atoms with van der Waals surface area (Å²) in [4.78, 5) is 0. The number of hydrogen-bond donors (Lipinski definition) is 0. The van der Waals surface area contributed by atoms with Crippen LogP contribution in [0.5, 0.6) is 0 Å². The van der Waals surface area contributed by atoms with Gasteiger partial charge in [0, 0.05) is 20.1 Å². The lowest BCUT2D eigenvalue weighted by Gasteiger charge is -2.22. The third-order valence-electron chi connectivity index (χ3n) is 2.65. The van der Waals surface area contributed by atoms with Crippen LogP contribution in [-0.4, -0.2) is 26.9 Å². The Morgan fingerprint density at radius 2 is 1.80 bits per heavy atom. The maximum atomic E-state index is 5.49. The van der Waals surface area contributed by atoms with Crippen LogP contribution in [0.15, 0.2) is 30.3 Å². The first-order valence-electron chi connectivity index (χ1n) is 5.33. The van der Waals surface area contributed by atoms with Gasteiger partial charge in [-0.3, -0.25) is 0 Å². The van der Waals surface area contributed by atoms with E-state index in [4.69, 9.17) is 9.47 Å². The Labute approximate surface area is 92.2 Å². The van der Waals surface area contributed by atoms with E-state index in [0.717, 1.165) is 13.0 Å². The van der Waals surface area contributed by atoms with Crippen molar-refractivity contribution in [2.24, 2.45) is 5.92 Å². The number of ether oxygens (including phenoxy) is 2. The molecule has 0 saturated carbocycles. The highest BCUT2D eigenvalue weighted by Crippen LogP contribution is 2.13. The fourth-order valence-electron chi connectivity index (χ4n) is 1.73. The maximum Gasteiger partial charge on any atom is 0.0659 e. The van der Waals surface area contributed by atoms with Crippen LogP contribution in [0.3, 0.4) is 0 Å². The molecule has 1 rings (SSSR count). The van der Waals surface area contributed by atoms with Gasteiger partial charge in [0.1, 0.15) is 0 Å². The van der Waals surface area contributed by atoms with Crippen LogP contribution in [0.1, 0.15) is 12.5 Å². The molecule has 0 aliphatic heterocycles. The van der Waals surface area contributed by atoms with Gasteiger partial charge in [0.15, 0.2) is 0 Å². The standard InChI is InChI=1S/C13H20O2/c1-11(10-14-2)13(15-3)9-12-7-5-4-6-8-12/h4-8,11,13H,9-10H2,1-3H3. The van der Waals surface area contributed by atoms with Crippen molar-refractivity contribution in [1.29, 1.82) is 0 Å². The average Bonchev–Trinajstić information content (AvgIpc) is 2.27. The Morgan fingerprint density at radius 3 is 2.33 bits per heavy atom. The number of hydrogen-bond acceptors (Lipinski definition) is 2. The molecule has 0 aliphatic rings. The van der Waals surface area contributed by atoms with Crippen molar-refractivity contribution in [3.63, 3.8) is 0 Å². The fourth-order valence-corrected chi connectivity index (χ4v) is 1.73. The molecular weight excluding hydrogens is 188 g/mol. The lowest BCUT2D eigenvalue weighted by atomic mass is 9.98. The number of benzene rings is 1. The largest absolute Gasteiger partial charge is 0.384 e. The summed E-state index contributed by atoms with van der Waals surface area (Å²) in [5.74, 6) is 0.417. The highest BCUT2D eigenvalue weighted by molar-refractivity contribution is 5.15. The fraction of sp³-hybridized carbons (Fsp3) is 0.538. The van der Waals surface area contributed by atoms with Gasteiger partial charge < -0.3 is 9.47 Å². The van der Waals surface area contributed by atoms with Crippen LogP contribution in [0.4, 0.5) is 0 Å². The van der Waals surface area contributed by atoms with Gasteiger partial charge in [0.2, 0.25) is 0 Å². The molecule has 2 unspecified atom stereocenters. The molecule has 0 fully saturated rings. The van der Waals surface area contributed by atoms with Gasteiger partial charge in [0.05, 0.1) is 12.7 Å². The highest BCUT2D eigenvalue weighted by Gasteiger charge is 2.16. The maximum absolute atomic E-state index is 5.49. The summed E-state index contributed by atoms with van der Waals surface area (Å²) in [6.07, 6.45) is 1.18. The zero-order valence-corrected chi connectivity index (χ0v) is 9.77. The zero-order valence-electron chi connectivity index (χ0n) is 9.77. The monoisotopic (exact) mass is 208 g/mol. The summed E-state index contributed by atoms with van der Waals surface area (Å²) in [5.41, 5.74) is 1.31. The van der Waals surface area contributed by atoms with Crippen molar-refractivity contribution in [2.75, 3.05) is 20.8 Å². The minimum absolute atomic E-state index is 0.229. The molecule has 84 valence electrons. The first kappa shape index (κ1) is 12.2. The Morgan fingerprint density at radius 1 is 1.13 bits per heavy atom. The van der Waals surface area contributed by atoms with E-state index < -0.39 is 0 Å². The van der Waals surface area contributed by atoms with Crippen LogP contribution in [0, 0.1) is 5.92 Å². The lowest BCUT2D eigenvalue weighted by molar-refractivity contribution is 0.0225. The Bertz CT molecular complexity index is 258. The summed E-state index contributed by atoms with van der Waals surface area (Å²) in [5, 5.41) is 0.